The number of halogens is 1. The quantitative estimate of drug-likeness (QED) is 0.476. The molecule has 0 saturated carbocycles. The number of carbonyl (C=O) groups excluding carboxylic acids is 1. The number of hydrogen-bond donors (Lipinski definition) is 1. The van der Waals surface area contributed by atoms with Crippen LogP contribution >= 0.6 is 0 Å². The molecule has 0 aliphatic rings. The predicted octanol–water partition coefficient (Wildman–Crippen LogP) is 5.00. The number of hydrogen-bond acceptors (Lipinski definition) is 4. The van der Waals surface area contributed by atoms with Gasteiger partial charge in [-0.25, -0.2) is 14.1 Å². The van der Waals surface area contributed by atoms with Crippen LogP contribution < -0.4 is 5.32 Å². The Hall–Kier alpha value is -3.48. The van der Waals surface area contributed by atoms with Crippen molar-refractivity contribution in [2.75, 3.05) is 6.54 Å². The van der Waals surface area contributed by atoms with Gasteiger partial charge in [-0.05, 0) is 57.9 Å². The fourth-order valence-corrected chi connectivity index (χ4v) is 3.71. The summed E-state index contributed by atoms with van der Waals surface area (Å²) in [6.07, 6.45) is 2.08. The van der Waals surface area contributed by atoms with Crippen LogP contribution in [0.4, 0.5) is 4.39 Å². The van der Waals surface area contributed by atoms with Crippen LogP contribution in [0.2, 0.25) is 0 Å². The first-order valence-corrected chi connectivity index (χ1v) is 10.3. The molecule has 0 unspecified atom stereocenters. The van der Waals surface area contributed by atoms with E-state index in [4.69, 9.17) is 9.40 Å². The van der Waals surface area contributed by atoms with Crippen molar-refractivity contribution in [2.45, 2.75) is 40.2 Å². The number of benzene rings is 1. The SMILES string of the molecule is Cc1cc(-c2cc(C(=O)NCCc3ccccc3F)c3cnn(C(C)C)c3n2)c(C)o1. The van der Waals surface area contributed by atoms with Gasteiger partial charge in [0, 0.05) is 18.2 Å². The maximum absolute atomic E-state index is 13.9. The summed E-state index contributed by atoms with van der Waals surface area (Å²) in [5, 5.41) is 8.03. The summed E-state index contributed by atoms with van der Waals surface area (Å²) in [5.41, 5.74) is 3.20. The standard InChI is InChI=1S/C24H25FN4O2/c1-14(2)29-23-20(13-27-29)19(12-22(28-23)18-11-15(3)31-16(18)4)24(30)26-10-9-17-7-5-6-8-21(17)25/h5-8,11-14H,9-10H2,1-4H3,(H,26,30). The lowest BCUT2D eigenvalue weighted by atomic mass is 10.1. The van der Waals surface area contributed by atoms with Crippen LogP contribution in [0.5, 0.6) is 0 Å². The van der Waals surface area contributed by atoms with Crippen LogP contribution in [0.1, 0.15) is 47.3 Å². The van der Waals surface area contributed by atoms with Crippen molar-refractivity contribution in [3.63, 3.8) is 0 Å². The normalized spacial score (nSPS) is 11.4. The molecule has 3 aromatic heterocycles. The Morgan fingerprint density at radius 3 is 2.68 bits per heavy atom. The van der Waals surface area contributed by atoms with E-state index >= 15 is 0 Å². The van der Waals surface area contributed by atoms with Gasteiger partial charge >= 0.3 is 0 Å². The minimum Gasteiger partial charge on any atom is -0.466 e. The number of nitrogens with one attached hydrogen (secondary N) is 1. The number of furan rings is 1. The summed E-state index contributed by atoms with van der Waals surface area (Å²) in [6, 6.07) is 10.4. The van der Waals surface area contributed by atoms with Crippen molar-refractivity contribution >= 4 is 16.9 Å². The number of rotatable bonds is 6. The molecule has 0 atom stereocenters. The lowest BCUT2D eigenvalue weighted by molar-refractivity contribution is 0.0955. The Kier molecular flexibility index (Phi) is 5.59. The molecule has 6 nitrogen and oxygen atoms in total. The molecule has 3 heterocycles. The van der Waals surface area contributed by atoms with Gasteiger partial charge in [0.1, 0.15) is 17.3 Å². The molecule has 0 aliphatic heterocycles. The summed E-state index contributed by atoms with van der Waals surface area (Å²) in [6.45, 7) is 8.11. The molecular formula is C24H25FN4O2. The van der Waals surface area contributed by atoms with Gasteiger partial charge in [-0.1, -0.05) is 18.2 Å². The summed E-state index contributed by atoms with van der Waals surface area (Å²) in [7, 11) is 0. The van der Waals surface area contributed by atoms with Crippen molar-refractivity contribution in [1.82, 2.24) is 20.1 Å². The van der Waals surface area contributed by atoms with E-state index in [1.165, 1.54) is 6.07 Å². The van der Waals surface area contributed by atoms with Crippen LogP contribution in [-0.4, -0.2) is 27.2 Å². The summed E-state index contributed by atoms with van der Waals surface area (Å²) >= 11 is 0. The average Bonchev–Trinajstić information content (AvgIpc) is 3.31. The van der Waals surface area contributed by atoms with Gasteiger partial charge in [0.2, 0.25) is 0 Å². The predicted molar refractivity (Wildman–Crippen MR) is 118 cm³/mol. The fourth-order valence-electron chi connectivity index (χ4n) is 3.71. The lowest BCUT2D eigenvalue weighted by Gasteiger charge is -2.11. The van der Waals surface area contributed by atoms with Gasteiger partial charge in [0.05, 0.1) is 22.8 Å². The first-order valence-electron chi connectivity index (χ1n) is 10.3. The zero-order valence-corrected chi connectivity index (χ0v) is 18.1. The number of aromatic nitrogens is 3. The number of pyridine rings is 1. The molecular weight excluding hydrogens is 395 g/mol. The zero-order chi connectivity index (χ0) is 22.1. The molecule has 1 N–H and O–H groups in total. The third-order valence-corrected chi connectivity index (χ3v) is 5.26. The highest BCUT2D eigenvalue weighted by Crippen LogP contribution is 2.30. The molecule has 0 aliphatic carbocycles. The molecule has 7 heteroatoms. The van der Waals surface area contributed by atoms with Gasteiger partial charge in [0.15, 0.2) is 5.65 Å². The van der Waals surface area contributed by atoms with Gasteiger partial charge < -0.3 is 9.73 Å². The molecule has 0 saturated heterocycles. The van der Waals surface area contributed by atoms with E-state index in [0.717, 1.165) is 17.1 Å². The van der Waals surface area contributed by atoms with E-state index in [1.54, 1.807) is 35.1 Å². The van der Waals surface area contributed by atoms with E-state index < -0.39 is 0 Å². The lowest BCUT2D eigenvalue weighted by Crippen LogP contribution is -2.26. The number of fused-ring (bicyclic) bond motifs is 1. The van der Waals surface area contributed by atoms with Gasteiger partial charge in [-0.2, -0.15) is 5.10 Å². The van der Waals surface area contributed by atoms with Crippen LogP contribution in [0, 0.1) is 19.7 Å². The van der Waals surface area contributed by atoms with Gasteiger partial charge in [-0.3, -0.25) is 4.79 Å². The topological polar surface area (TPSA) is 73.0 Å². The highest BCUT2D eigenvalue weighted by atomic mass is 19.1. The minimum absolute atomic E-state index is 0.0874. The Labute approximate surface area is 180 Å². The van der Waals surface area contributed by atoms with Crippen molar-refractivity contribution in [3.05, 3.63) is 71.1 Å². The Balaban J connectivity index is 1.69. The van der Waals surface area contributed by atoms with Crippen molar-refractivity contribution in [3.8, 4) is 11.3 Å². The highest BCUT2D eigenvalue weighted by molar-refractivity contribution is 6.06. The summed E-state index contributed by atoms with van der Waals surface area (Å²) < 4.78 is 21.3. The van der Waals surface area contributed by atoms with Crippen molar-refractivity contribution in [2.24, 2.45) is 0 Å². The van der Waals surface area contributed by atoms with E-state index in [9.17, 15) is 9.18 Å². The third kappa shape index (κ3) is 4.08. The zero-order valence-electron chi connectivity index (χ0n) is 18.1. The van der Waals surface area contributed by atoms with E-state index in [-0.39, 0.29) is 17.8 Å². The Morgan fingerprint density at radius 1 is 1.23 bits per heavy atom. The number of carbonyl (C=O) groups is 1. The van der Waals surface area contributed by atoms with Gasteiger partial charge in [0.25, 0.3) is 5.91 Å². The molecule has 4 aromatic rings. The first-order chi connectivity index (χ1) is 14.8. The first kappa shape index (κ1) is 20.8. The van der Waals surface area contributed by atoms with Crippen LogP contribution in [-0.2, 0) is 6.42 Å². The largest absolute Gasteiger partial charge is 0.466 e. The molecule has 0 spiro atoms. The van der Waals surface area contributed by atoms with E-state index in [1.807, 2.05) is 33.8 Å². The molecule has 1 aromatic carbocycles. The molecule has 0 bridgehead atoms. The monoisotopic (exact) mass is 420 g/mol. The van der Waals surface area contributed by atoms with Gasteiger partial charge in [-0.15, -0.1) is 0 Å². The minimum atomic E-state index is -0.269. The van der Waals surface area contributed by atoms with Crippen LogP contribution in [0.15, 0.2) is 47.0 Å². The van der Waals surface area contributed by atoms with Crippen LogP contribution in [0.25, 0.3) is 22.3 Å². The average molecular weight is 420 g/mol. The Bertz CT molecular complexity index is 1260. The molecule has 0 fully saturated rings. The van der Waals surface area contributed by atoms with Crippen molar-refractivity contribution in [1.29, 1.82) is 0 Å². The van der Waals surface area contributed by atoms with Crippen LogP contribution in [0.3, 0.4) is 0 Å². The second-order valence-corrected chi connectivity index (χ2v) is 7.90. The van der Waals surface area contributed by atoms with E-state index in [0.29, 0.717) is 40.8 Å². The number of amides is 1. The smallest absolute Gasteiger partial charge is 0.252 e. The second-order valence-electron chi connectivity index (χ2n) is 7.90. The molecule has 160 valence electrons. The van der Waals surface area contributed by atoms with Crippen molar-refractivity contribution < 1.29 is 13.6 Å². The van der Waals surface area contributed by atoms with E-state index in [2.05, 4.69) is 10.4 Å². The maximum Gasteiger partial charge on any atom is 0.252 e. The summed E-state index contributed by atoms with van der Waals surface area (Å²) in [4.78, 5) is 17.9. The molecule has 0 radical (unpaired) electrons. The third-order valence-electron chi connectivity index (χ3n) is 5.26. The Morgan fingerprint density at radius 2 is 2.00 bits per heavy atom. The molecule has 31 heavy (non-hydrogen) atoms. The number of aryl methyl sites for hydroxylation is 2. The fraction of sp³-hybridized carbons (Fsp3) is 0.292. The summed E-state index contributed by atoms with van der Waals surface area (Å²) in [5.74, 6) is 1.01. The number of nitrogens with zero attached hydrogens (tertiary/aromatic N) is 3. The second kappa shape index (κ2) is 8.34. The molecule has 4 rings (SSSR count). The maximum atomic E-state index is 13.9. The highest BCUT2D eigenvalue weighted by Gasteiger charge is 2.20. The molecule has 1 amide bonds.